The Bertz CT molecular complexity index is 655. The monoisotopic (exact) mass is 342 g/mol. The van der Waals surface area contributed by atoms with Crippen LogP contribution in [0.25, 0.3) is 0 Å². The normalized spacial score (nSPS) is 20.2. The molecule has 2 heterocycles. The Hall–Kier alpha value is -2.34. The maximum Gasteiger partial charge on any atom is 0.315 e. The van der Waals surface area contributed by atoms with E-state index < -0.39 is 0 Å². The molecule has 2 unspecified atom stereocenters. The van der Waals surface area contributed by atoms with Gasteiger partial charge in [0.1, 0.15) is 6.10 Å². The lowest BCUT2D eigenvalue weighted by Crippen LogP contribution is -2.47. The predicted molar refractivity (Wildman–Crippen MR) is 96.3 cm³/mol. The number of carbonyl (C=O) groups excluding carboxylic acids is 1. The summed E-state index contributed by atoms with van der Waals surface area (Å²) in [5.41, 5.74) is 2.34. The van der Waals surface area contributed by atoms with Gasteiger partial charge in [-0.3, -0.25) is 4.68 Å². The van der Waals surface area contributed by atoms with Gasteiger partial charge in [0.25, 0.3) is 0 Å². The van der Waals surface area contributed by atoms with Gasteiger partial charge >= 0.3 is 6.03 Å². The Morgan fingerprint density at radius 2 is 2.20 bits per heavy atom. The SMILES string of the molecule is Cc1ccc(C2OCCCC2NC(=O)NCCCn2cccn2)cc1. The fraction of sp³-hybridized carbons (Fsp3) is 0.474. The summed E-state index contributed by atoms with van der Waals surface area (Å²) in [4.78, 5) is 12.2. The molecule has 0 spiro atoms. The first-order chi connectivity index (χ1) is 12.2. The average molecular weight is 342 g/mol. The minimum atomic E-state index is -0.131. The van der Waals surface area contributed by atoms with Crippen molar-refractivity contribution >= 4 is 6.03 Å². The second kappa shape index (κ2) is 8.67. The van der Waals surface area contributed by atoms with Crippen molar-refractivity contribution in [2.45, 2.75) is 44.9 Å². The number of amides is 2. The highest BCUT2D eigenvalue weighted by molar-refractivity contribution is 5.74. The Balaban J connectivity index is 1.47. The minimum absolute atomic E-state index is 0.00238. The molecule has 134 valence electrons. The number of hydrogen-bond donors (Lipinski definition) is 2. The van der Waals surface area contributed by atoms with Gasteiger partial charge in [-0.2, -0.15) is 5.10 Å². The number of nitrogens with one attached hydrogen (secondary N) is 2. The second-order valence-corrected chi connectivity index (χ2v) is 6.47. The summed E-state index contributed by atoms with van der Waals surface area (Å²) < 4.78 is 7.80. The highest BCUT2D eigenvalue weighted by Gasteiger charge is 2.28. The molecule has 1 aliphatic heterocycles. The van der Waals surface area contributed by atoms with E-state index in [1.54, 1.807) is 6.20 Å². The Morgan fingerprint density at radius 3 is 2.96 bits per heavy atom. The number of aromatic nitrogens is 2. The first-order valence-electron chi connectivity index (χ1n) is 8.92. The quantitative estimate of drug-likeness (QED) is 0.793. The largest absolute Gasteiger partial charge is 0.371 e. The van der Waals surface area contributed by atoms with E-state index in [1.165, 1.54) is 5.56 Å². The summed E-state index contributed by atoms with van der Waals surface area (Å²) in [7, 11) is 0. The summed E-state index contributed by atoms with van der Waals surface area (Å²) in [6.45, 7) is 4.22. The molecule has 6 nitrogen and oxygen atoms in total. The van der Waals surface area contributed by atoms with Crippen molar-refractivity contribution in [2.75, 3.05) is 13.2 Å². The van der Waals surface area contributed by atoms with Gasteiger partial charge in [0, 0.05) is 32.1 Å². The Labute approximate surface area is 148 Å². The molecule has 0 saturated carbocycles. The third kappa shape index (κ3) is 5.06. The van der Waals surface area contributed by atoms with Crippen LogP contribution >= 0.6 is 0 Å². The van der Waals surface area contributed by atoms with Crippen molar-refractivity contribution < 1.29 is 9.53 Å². The van der Waals surface area contributed by atoms with Crippen molar-refractivity contribution in [3.8, 4) is 0 Å². The molecule has 1 aromatic heterocycles. The van der Waals surface area contributed by atoms with Crippen LogP contribution in [0.3, 0.4) is 0 Å². The minimum Gasteiger partial charge on any atom is -0.371 e. The zero-order chi connectivity index (χ0) is 17.5. The lowest BCUT2D eigenvalue weighted by molar-refractivity contribution is -0.00742. The first kappa shape index (κ1) is 17.5. The zero-order valence-electron chi connectivity index (χ0n) is 14.6. The summed E-state index contributed by atoms with van der Waals surface area (Å²) in [5, 5.41) is 10.2. The topological polar surface area (TPSA) is 68.2 Å². The molecule has 0 aliphatic carbocycles. The first-order valence-corrected chi connectivity index (χ1v) is 8.92. The van der Waals surface area contributed by atoms with Crippen LogP contribution in [0.2, 0.25) is 0 Å². The van der Waals surface area contributed by atoms with Gasteiger partial charge < -0.3 is 15.4 Å². The molecule has 2 amide bonds. The fourth-order valence-electron chi connectivity index (χ4n) is 3.11. The van der Waals surface area contributed by atoms with E-state index in [1.807, 2.05) is 16.9 Å². The predicted octanol–water partition coefficient (Wildman–Crippen LogP) is 2.80. The molecule has 2 atom stereocenters. The average Bonchev–Trinajstić information content (AvgIpc) is 3.14. The number of nitrogens with zero attached hydrogens (tertiary/aromatic N) is 2. The van der Waals surface area contributed by atoms with Gasteiger partial charge in [0.15, 0.2) is 0 Å². The van der Waals surface area contributed by atoms with Gasteiger partial charge in [-0.25, -0.2) is 4.79 Å². The molecule has 1 aromatic carbocycles. The van der Waals surface area contributed by atoms with Gasteiger partial charge in [0.05, 0.1) is 6.04 Å². The van der Waals surface area contributed by atoms with Gasteiger partial charge in [-0.15, -0.1) is 0 Å². The van der Waals surface area contributed by atoms with Crippen molar-refractivity contribution in [1.29, 1.82) is 0 Å². The van der Waals surface area contributed by atoms with E-state index in [0.29, 0.717) is 6.54 Å². The number of aryl methyl sites for hydroxylation is 2. The van der Waals surface area contributed by atoms with Crippen LogP contribution in [0, 0.1) is 6.92 Å². The van der Waals surface area contributed by atoms with Crippen LogP contribution in [-0.4, -0.2) is 35.0 Å². The van der Waals surface area contributed by atoms with Crippen molar-refractivity contribution in [2.24, 2.45) is 0 Å². The molecule has 1 fully saturated rings. The standard InChI is InChI=1S/C19H26N4O2/c1-15-6-8-16(9-7-15)18-17(5-2-14-25-18)22-19(24)20-10-3-12-23-13-4-11-21-23/h4,6-9,11,13,17-18H,2-3,5,10,12,14H2,1H3,(H2,20,22,24). The highest BCUT2D eigenvalue weighted by atomic mass is 16.5. The van der Waals surface area contributed by atoms with Crippen molar-refractivity contribution in [1.82, 2.24) is 20.4 Å². The van der Waals surface area contributed by atoms with Crippen LogP contribution in [-0.2, 0) is 11.3 Å². The summed E-state index contributed by atoms with van der Waals surface area (Å²) >= 11 is 0. The Kier molecular flexibility index (Phi) is 6.06. The molecule has 25 heavy (non-hydrogen) atoms. The maximum atomic E-state index is 12.2. The van der Waals surface area contributed by atoms with Crippen LogP contribution in [0.15, 0.2) is 42.7 Å². The summed E-state index contributed by atoms with van der Waals surface area (Å²) in [5.74, 6) is 0. The lowest BCUT2D eigenvalue weighted by atomic mass is 9.95. The third-order valence-electron chi connectivity index (χ3n) is 4.45. The van der Waals surface area contributed by atoms with E-state index in [9.17, 15) is 4.79 Å². The molecular weight excluding hydrogens is 316 g/mol. The number of rotatable bonds is 6. The molecule has 0 bridgehead atoms. The molecule has 6 heteroatoms. The van der Waals surface area contributed by atoms with Crippen LogP contribution in [0.5, 0.6) is 0 Å². The van der Waals surface area contributed by atoms with E-state index in [2.05, 4.69) is 46.9 Å². The molecular formula is C19H26N4O2. The number of hydrogen-bond acceptors (Lipinski definition) is 3. The van der Waals surface area contributed by atoms with E-state index in [-0.39, 0.29) is 18.2 Å². The van der Waals surface area contributed by atoms with Gasteiger partial charge in [-0.1, -0.05) is 29.8 Å². The zero-order valence-corrected chi connectivity index (χ0v) is 14.6. The second-order valence-electron chi connectivity index (χ2n) is 6.47. The maximum absolute atomic E-state index is 12.2. The van der Waals surface area contributed by atoms with Crippen molar-refractivity contribution in [3.63, 3.8) is 0 Å². The van der Waals surface area contributed by atoms with E-state index in [4.69, 9.17) is 4.74 Å². The number of carbonyl (C=O) groups is 1. The van der Waals surface area contributed by atoms with E-state index in [0.717, 1.165) is 38.0 Å². The summed E-state index contributed by atoms with van der Waals surface area (Å²) in [6, 6.07) is 10.1. The third-order valence-corrected chi connectivity index (χ3v) is 4.45. The van der Waals surface area contributed by atoms with Crippen LogP contribution in [0.4, 0.5) is 4.79 Å². The molecule has 1 aliphatic rings. The molecule has 3 rings (SSSR count). The molecule has 0 radical (unpaired) electrons. The van der Waals surface area contributed by atoms with Gasteiger partial charge in [-0.05, 0) is 37.8 Å². The van der Waals surface area contributed by atoms with Crippen molar-refractivity contribution in [3.05, 3.63) is 53.9 Å². The molecule has 2 N–H and O–H groups in total. The van der Waals surface area contributed by atoms with Gasteiger partial charge in [0.2, 0.25) is 0 Å². The highest BCUT2D eigenvalue weighted by Crippen LogP contribution is 2.28. The summed E-state index contributed by atoms with van der Waals surface area (Å²) in [6.07, 6.45) is 6.34. The Morgan fingerprint density at radius 1 is 1.36 bits per heavy atom. The number of benzene rings is 1. The lowest BCUT2D eigenvalue weighted by Gasteiger charge is -2.32. The van der Waals surface area contributed by atoms with Crippen LogP contribution in [0.1, 0.15) is 36.5 Å². The number of urea groups is 1. The molecule has 1 saturated heterocycles. The van der Waals surface area contributed by atoms with Crippen LogP contribution < -0.4 is 10.6 Å². The number of ether oxygens (including phenoxy) is 1. The smallest absolute Gasteiger partial charge is 0.315 e. The molecule has 2 aromatic rings. The van der Waals surface area contributed by atoms with E-state index >= 15 is 0 Å². The fourth-order valence-corrected chi connectivity index (χ4v) is 3.11.